The van der Waals surface area contributed by atoms with Crippen LogP contribution in [0.4, 0.5) is 10.7 Å². The highest BCUT2D eigenvalue weighted by Gasteiger charge is 2.36. The lowest BCUT2D eigenvalue weighted by molar-refractivity contribution is -0.127. The van der Waals surface area contributed by atoms with Crippen LogP contribution < -0.4 is 5.32 Å². The monoisotopic (exact) mass is 330 g/mol. The van der Waals surface area contributed by atoms with Crippen LogP contribution in [0.5, 0.6) is 0 Å². The van der Waals surface area contributed by atoms with E-state index in [2.05, 4.69) is 25.9 Å². The second-order valence-electron chi connectivity index (χ2n) is 4.46. The Morgan fingerprint density at radius 2 is 2.09 bits per heavy atom. The Labute approximate surface area is 134 Å². The van der Waals surface area contributed by atoms with E-state index in [-0.39, 0.29) is 10.9 Å². The third kappa shape index (κ3) is 3.43. The molecule has 0 spiro atoms. The standard InChI is InChI=1S/C13H10N6O3S/c20-10(14-12-15-17-18-16-12)7-19-11(21)9(23-13(19)22)6-8-4-2-1-3-5-8/h1-6H,7H2,(H2,14,15,16,17,18,20)/b9-6+. The van der Waals surface area contributed by atoms with Crippen LogP contribution in [0.2, 0.25) is 0 Å². The van der Waals surface area contributed by atoms with Crippen molar-refractivity contribution in [3.63, 3.8) is 0 Å². The topological polar surface area (TPSA) is 121 Å². The average molecular weight is 330 g/mol. The van der Waals surface area contributed by atoms with Crippen LogP contribution in [-0.4, -0.2) is 49.1 Å². The lowest BCUT2D eigenvalue weighted by Gasteiger charge is -2.10. The van der Waals surface area contributed by atoms with E-state index < -0.39 is 23.6 Å². The highest BCUT2D eigenvalue weighted by atomic mass is 32.2. The molecule has 1 saturated heterocycles. The molecule has 3 amide bonds. The van der Waals surface area contributed by atoms with E-state index in [0.29, 0.717) is 0 Å². The number of aromatic amines is 1. The Balaban J connectivity index is 1.69. The number of nitrogens with zero attached hydrogens (tertiary/aromatic N) is 4. The van der Waals surface area contributed by atoms with Gasteiger partial charge in [0.05, 0.1) is 4.91 Å². The fourth-order valence-corrected chi connectivity index (χ4v) is 2.70. The number of rotatable bonds is 4. The molecule has 2 aromatic rings. The van der Waals surface area contributed by atoms with Crippen LogP contribution in [0, 0.1) is 0 Å². The second kappa shape index (κ2) is 6.40. The Morgan fingerprint density at radius 3 is 2.78 bits per heavy atom. The van der Waals surface area contributed by atoms with Crippen molar-refractivity contribution in [1.82, 2.24) is 25.5 Å². The van der Waals surface area contributed by atoms with Gasteiger partial charge in [-0.2, -0.15) is 5.21 Å². The molecule has 1 aromatic carbocycles. The van der Waals surface area contributed by atoms with Crippen molar-refractivity contribution in [3.8, 4) is 0 Å². The van der Waals surface area contributed by atoms with Crippen molar-refractivity contribution in [1.29, 1.82) is 0 Å². The summed E-state index contributed by atoms with van der Waals surface area (Å²) in [6.07, 6.45) is 1.61. The van der Waals surface area contributed by atoms with Gasteiger partial charge in [-0.05, 0) is 28.6 Å². The van der Waals surface area contributed by atoms with E-state index in [1.54, 1.807) is 6.08 Å². The molecule has 1 aliphatic heterocycles. The van der Waals surface area contributed by atoms with Crippen LogP contribution in [-0.2, 0) is 9.59 Å². The third-order valence-corrected chi connectivity index (χ3v) is 3.78. The van der Waals surface area contributed by atoms with Crippen LogP contribution in [0.15, 0.2) is 35.2 Å². The van der Waals surface area contributed by atoms with E-state index in [0.717, 1.165) is 22.2 Å². The average Bonchev–Trinajstić information content (AvgIpc) is 3.13. The zero-order valence-corrected chi connectivity index (χ0v) is 12.4. The SMILES string of the molecule is O=C(CN1C(=O)S/C(=C/c2ccccc2)C1=O)Nc1nn[nH]n1. The summed E-state index contributed by atoms with van der Waals surface area (Å²) >= 11 is 0.795. The maximum Gasteiger partial charge on any atom is 0.294 e. The molecule has 0 saturated carbocycles. The molecule has 9 nitrogen and oxygen atoms in total. The molecular weight excluding hydrogens is 320 g/mol. The molecule has 3 rings (SSSR count). The van der Waals surface area contributed by atoms with Crippen LogP contribution in [0.3, 0.4) is 0 Å². The van der Waals surface area contributed by atoms with E-state index >= 15 is 0 Å². The Morgan fingerprint density at radius 1 is 1.30 bits per heavy atom. The smallest absolute Gasteiger partial charge is 0.290 e. The zero-order valence-electron chi connectivity index (χ0n) is 11.6. The predicted octanol–water partition coefficient (Wildman–Crippen LogP) is 0.875. The number of imide groups is 1. The van der Waals surface area contributed by atoms with E-state index in [9.17, 15) is 14.4 Å². The molecule has 0 aliphatic carbocycles. The normalized spacial score (nSPS) is 16.2. The van der Waals surface area contributed by atoms with E-state index in [1.807, 2.05) is 30.3 Å². The first-order chi connectivity index (χ1) is 11.1. The van der Waals surface area contributed by atoms with Crippen LogP contribution in [0.25, 0.3) is 6.08 Å². The minimum Gasteiger partial charge on any atom is -0.290 e. The van der Waals surface area contributed by atoms with Crippen molar-refractivity contribution in [2.24, 2.45) is 0 Å². The summed E-state index contributed by atoms with van der Waals surface area (Å²) in [5.41, 5.74) is 0.800. The summed E-state index contributed by atoms with van der Waals surface area (Å²) in [5.74, 6) is -1.12. The first kappa shape index (κ1) is 14.9. The molecule has 116 valence electrons. The molecule has 1 fully saturated rings. The molecular formula is C13H10N6O3S. The van der Waals surface area contributed by atoms with Crippen molar-refractivity contribution in [2.75, 3.05) is 11.9 Å². The molecule has 0 unspecified atom stereocenters. The van der Waals surface area contributed by atoms with Crippen LogP contribution in [0.1, 0.15) is 5.56 Å². The van der Waals surface area contributed by atoms with Gasteiger partial charge in [0.1, 0.15) is 6.54 Å². The number of anilines is 1. The number of carbonyl (C=O) groups excluding carboxylic acids is 3. The summed E-state index contributed by atoms with van der Waals surface area (Å²) in [6.45, 7) is -0.411. The zero-order chi connectivity index (χ0) is 16.2. The van der Waals surface area contributed by atoms with Gasteiger partial charge in [-0.3, -0.25) is 24.6 Å². The van der Waals surface area contributed by atoms with Gasteiger partial charge in [-0.15, -0.1) is 5.10 Å². The number of nitrogens with one attached hydrogen (secondary N) is 2. The Kier molecular flexibility index (Phi) is 4.15. The van der Waals surface area contributed by atoms with Gasteiger partial charge in [-0.1, -0.05) is 35.4 Å². The summed E-state index contributed by atoms with van der Waals surface area (Å²) in [4.78, 5) is 37.1. The van der Waals surface area contributed by atoms with Gasteiger partial charge >= 0.3 is 0 Å². The molecule has 0 atom stereocenters. The number of hydrogen-bond acceptors (Lipinski definition) is 7. The minimum atomic E-state index is -0.588. The van der Waals surface area contributed by atoms with Gasteiger partial charge in [0.25, 0.3) is 17.1 Å². The molecule has 0 radical (unpaired) electrons. The molecule has 10 heteroatoms. The molecule has 0 bridgehead atoms. The van der Waals surface area contributed by atoms with Crippen molar-refractivity contribution in [2.45, 2.75) is 0 Å². The quantitative estimate of drug-likeness (QED) is 0.798. The highest BCUT2D eigenvalue weighted by molar-refractivity contribution is 8.18. The van der Waals surface area contributed by atoms with E-state index in [1.165, 1.54) is 0 Å². The predicted molar refractivity (Wildman–Crippen MR) is 81.9 cm³/mol. The maximum atomic E-state index is 12.2. The lowest BCUT2D eigenvalue weighted by atomic mass is 10.2. The molecule has 2 heterocycles. The van der Waals surface area contributed by atoms with Crippen molar-refractivity contribution < 1.29 is 14.4 Å². The first-order valence-electron chi connectivity index (χ1n) is 6.47. The van der Waals surface area contributed by atoms with Gasteiger partial charge in [0.15, 0.2) is 0 Å². The number of hydrogen-bond donors (Lipinski definition) is 2. The highest BCUT2D eigenvalue weighted by Crippen LogP contribution is 2.31. The summed E-state index contributed by atoms with van der Waals surface area (Å²) < 4.78 is 0. The third-order valence-electron chi connectivity index (χ3n) is 2.87. The second-order valence-corrected chi connectivity index (χ2v) is 5.46. The molecule has 1 aliphatic rings. The molecule has 1 aromatic heterocycles. The summed E-state index contributed by atoms with van der Waals surface area (Å²) in [5, 5.41) is 14.4. The van der Waals surface area contributed by atoms with Crippen LogP contribution >= 0.6 is 11.8 Å². The van der Waals surface area contributed by atoms with E-state index in [4.69, 9.17) is 0 Å². The maximum absolute atomic E-state index is 12.2. The number of carbonyl (C=O) groups is 3. The Bertz CT molecular complexity index is 774. The minimum absolute atomic E-state index is 0.0261. The number of H-pyrrole nitrogens is 1. The number of benzene rings is 1. The molecule has 23 heavy (non-hydrogen) atoms. The van der Waals surface area contributed by atoms with Gasteiger partial charge in [0, 0.05) is 0 Å². The Hall–Kier alpha value is -3.01. The molecule has 2 N–H and O–H groups in total. The lowest BCUT2D eigenvalue weighted by Crippen LogP contribution is -2.36. The van der Waals surface area contributed by atoms with Gasteiger partial charge in [-0.25, -0.2) is 0 Å². The number of amides is 3. The van der Waals surface area contributed by atoms with Crippen molar-refractivity contribution >= 4 is 40.8 Å². The van der Waals surface area contributed by atoms with Gasteiger partial charge < -0.3 is 0 Å². The number of tetrazole rings is 1. The fourth-order valence-electron chi connectivity index (χ4n) is 1.86. The fraction of sp³-hybridized carbons (Fsp3) is 0.0769. The largest absolute Gasteiger partial charge is 0.294 e. The summed E-state index contributed by atoms with van der Waals surface area (Å²) in [6, 6.07) is 9.14. The van der Waals surface area contributed by atoms with Crippen molar-refractivity contribution in [3.05, 3.63) is 40.8 Å². The summed E-state index contributed by atoms with van der Waals surface area (Å²) in [7, 11) is 0. The van der Waals surface area contributed by atoms with Gasteiger partial charge in [0.2, 0.25) is 5.91 Å². The number of aromatic nitrogens is 4. The first-order valence-corrected chi connectivity index (χ1v) is 7.29. The number of thioether (sulfide) groups is 1.